The van der Waals surface area contributed by atoms with Crippen LogP contribution < -0.4 is 11.1 Å². The standard InChI is InChI=1S/C17H26N6O/c1-11-8-12(2)20-16-14(11)15(18)21-17(22-16)19-9-13(24)10-23-6-4-3-5-7-23/h8,13,24H,3-7,9-10H2,1-2H3,(H3,18,19,20,21,22). The van der Waals surface area contributed by atoms with Crippen LogP contribution >= 0.6 is 0 Å². The van der Waals surface area contributed by atoms with Crippen molar-refractivity contribution in [3.05, 3.63) is 17.3 Å². The minimum absolute atomic E-state index is 0.395. The number of nitrogens with two attached hydrogens (primary N) is 1. The molecule has 130 valence electrons. The van der Waals surface area contributed by atoms with Crippen molar-refractivity contribution in [2.24, 2.45) is 0 Å². The number of aromatic nitrogens is 3. The van der Waals surface area contributed by atoms with Crippen LogP contribution in [-0.2, 0) is 0 Å². The van der Waals surface area contributed by atoms with Crippen molar-refractivity contribution in [3.63, 3.8) is 0 Å². The Morgan fingerprint density at radius 3 is 2.71 bits per heavy atom. The van der Waals surface area contributed by atoms with Gasteiger partial charge in [0.2, 0.25) is 5.95 Å². The summed E-state index contributed by atoms with van der Waals surface area (Å²) in [5.41, 5.74) is 8.57. The second kappa shape index (κ2) is 7.27. The van der Waals surface area contributed by atoms with Crippen LogP contribution in [0.2, 0.25) is 0 Å². The van der Waals surface area contributed by atoms with Gasteiger partial charge in [-0.05, 0) is 51.4 Å². The Balaban J connectivity index is 1.66. The maximum absolute atomic E-state index is 10.2. The van der Waals surface area contributed by atoms with Crippen molar-refractivity contribution < 1.29 is 5.11 Å². The van der Waals surface area contributed by atoms with Gasteiger partial charge in [0.15, 0.2) is 5.65 Å². The molecule has 3 heterocycles. The molecule has 1 atom stereocenters. The molecule has 7 heteroatoms. The van der Waals surface area contributed by atoms with Crippen LogP contribution in [0.3, 0.4) is 0 Å². The number of rotatable bonds is 5. The third kappa shape index (κ3) is 3.91. The number of aliphatic hydroxyl groups excluding tert-OH is 1. The molecular weight excluding hydrogens is 304 g/mol. The lowest BCUT2D eigenvalue weighted by Gasteiger charge is -2.28. The van der Waals surface area contributed by atoms with E-state index in [0.29, 0.717) is 30.5 Å². The van der Waals surface area contributed by atoms with Crippen LogP contribution in [0, 0.1) is 13.8 Å². The molecule has 7 nitrogen and oxygen atoms in total. The van der Waals surface area contributed by atoms with Gasteiger partial charge in [0.25, 0.3) is 0 Å². The lowest BCUT2D eigenvalue weighted by Crippen LogP contribution is -2.39. The molecule has 1 aliphatic heterocycles. The average Bonchev–Trinajstić information content (AvgIpc) is 2.53. The fourth-order valence-electron chi connectivity index (χ4n) is 3.30. The minimum atomic E-state index is -0.462. The first-order chi connectivity index (χ1) is 11.5. The summed E-state index contributed by atoms with van der Waals surface area (Å²) in [6.45, 7) is 7.11. The molecule has 1 saturated heterocycles. The van der Waals surface area contributed by atoms with Crippen LogP contribution in [0.15, 0.2) is 6.07 Å². The normalized spacial score (nSPS) is 17.1. The number of anilines is 2. The van der Waals surface area contributed by atoms with Crippen LogP contribution in [0.25, 0.3) is 11.0 Å². The summed E-state index contributed by atoms with van der Waals surface area (Å²) in [7, 11) is 0. The fraction of sp³-hybridized carbons (Fsp3) is 0.588. The molecule has 4 N–H and O–H groups in total. The van der Waals surface area contributed by atoms with E-state index in [-0.39, 0.29) is 0 Å². The molecule has 2 aromatic rings. The lowest BCUT2D eigenvalue weighted by atomic mass is 10.1. The molecule has 0 radical (unpaired) electrons. The quantitative estimate of drug-likeness (QED) is 0.763. The first-order valence-corrected chi connectivity index (χ1v) is 8.58. The number of hydrogen-bond donors (Lipinski definition) is 3. The van der Waals surface area contributed by atoms with Crippen molar-refractivity contribution in [1.82, 2.24) is 19.9 Å². The zero-order valence-electron chi connectivity index (χ0n) is 14.4. The number of likely N-dealkylation sites (tertiary alicyclic amines) is 1. The van der Waals surface area contributed by atoms with E-state index >= 15 is 0 Å². The number of nitrogens with one attached hydrogen (secondary N) is 1. The maximum Gasteiger partial charge on any atom is 0.226 e. The van der Waals surface area contributed by atoms with E-state index in [0.717, 1.165) is 29.7 Å². The molecule has 0 bridgehead atoms. The number of aryl methyl sites for hydroxylation is 2. The zero-order chi connectivity index (χ0) is 17.1. The van der Waals surface area contributed by atoms with Crippen LogP contribution in [-0.4, -0.2) is 57.2 Å². The van der Waals surface area contributed by atoms with Crippen molar-refractivity contribution in [3.8, 4) is 0 Å². The third-order valence-corrected chi connectivity index (χ3v) is 4.43. The number of nitrogens with zero attached hydrogens (tertiary/aromatic N) is 4. The van der Waals surface area contributed by atoms with Crippen molar-refractivity contribution in [2.75, 3.05) is 37.2 Å². The molecule has 0 saturated carbocycles. The topological polar surface area (TPSA) is 100 Å². The molecule has 0 aliphatic carbocycles. The van der Waals surface area contributed by atoms with Crippen LogP contribution in [0.4, 0.5) is 11.8 Å². The molecule has 24 heavy (non-hydrogen) atoms. The Kier molecular flexibility index (Phi) is 5.11. The molecule has 0 amide bonds. The second-order valence-corrected chi connectivity index (χ2v) is 6.61. The summed E-state index contributed by atoms with van der Waals surface area (Å²) in [6.07, 6.45) is 3.26. The number of nitrogen functional groups attached to an aromatic ring is 1. The van der Waals surface area contributed by atoms with Gasteiger partial charge in [-0.3, -0.25) is 0 Å². The number of β-amino-alcohol motifs (C(OH)–C–C–N with tert-alkyl or cyclic N) is 1. The van der Waals surface area contributed by atoms with Gasteiger partial charge in [-0.2, -0.15) is 9.97 Å². The fourth-order valence-corrected chi connectivity index (χ4v) is 3.30. The molecule has 3 rings (SSSR count). The lowest BCUT2D eigenvalue weighted by molar-refractivity contribution is 0.109. The summed E-state index contributed by atoms with van der Waals surface area (Å²) < 4.78 is 0. The highest BCUT2D eigenvalue weighted by Gasteiger charge is 2.15. The zero-order valence-corrected chi connectivity index (χ0v) is 14.4. The highest BCUT2D eigenvalue weighted by molar-refractivity contribution is 5.89. The Morgan fingerprint density at radius 2 is 1.96 bits per heavy atom. The Hall–Kier alpha value is -1.99. The largest absolute Gasteiger partial charge is 0.390 e. The van der Waals surface area contributed by atoms with Gasteiger partial charge in [-0.25, -0.2) is 4.98 Å². The van der Waals surface area contributed by atoms with Crippen LogP contribution in [0.5, 0.6) is 0 Å². The smallest absolute Gasteiger partial charge is 0.226 e. The van der Waals surface area contributed by atoms with Gasteiger partial charge in [0.05, 0.1) is 11.5 Å². The third-order valence-electron chi connectivity index (χ3n) is 4.43. The Morgan fingerprint density at radius 1 is 1.21 bits per heavy atom. The van der Waals surface area contributed by atoms with E-state index in [2.05, 4.69) is 25.2 Å². The van der Waals surface area contributed by atoms with Crippen molar-refractivity contribution >= 4 is 22.8 Å². The predicted octanol–water partition coefficient (Wildman–Crippen LogP) is 1.48. The second-order valence-electron chi connectivity index (χ2n) is 6.61. The predicted molar refractivity (Wildman–Crippen MR) is 96.0 cm³/mol. The van der Waals surface area contributed by atoms with E-state index in [1.165, 1.54) is 19.3 Å². The number of piperidine rings is 1. The molecule has 0 aromatic carbocycles. The SMILES string of the molecule is Cc1cc(C)c2c(N)nc(NCC(O)CN3CCCCC3)nc2n1. The van der Waals surface area contributed by atoms with E-state index in [9.17, 15) is 5.11 Å². The van der Waals surface area contributed by atoms with E-state index < -0.39 is 6.10 Å². The minimum Gasteiger partial charge on any atom is -0.390 e. The van der Waals surface area contributed by atoms with Gasteiger partial charge in [-0.1, -0.05) is 6.42 Å². The van der Waals surface area contributed by atoms with E-state index in [1.54, 1.807) is 0 Å². The summed E-state index contributed by atoms with van der Waals surface area (Å²) in [5.74, 6) is 0.827. The summed E-state index contributed by atoms with van der Waals surface area (Å²) in [5, 5.41) is 14.1. The molecule has 1 unspecified atom stereocenters. The summed E-state index contributed by atoms with van der Waals surface area (Å²) >= 11 is 0. The molecular formula is C17H26N6O. The van der Waals surface area contributed by atoms with Gasteiger partial charge in [0.1, 0.15) is 5.82 Å². The maximum atomic E-state index is 10.2. The Bertz CT molecular complexity index is 714. The van der Waals surface area contributed by atoms with Gasteiger partial charge in [-0.15, -0.1) is 0 Å². The van der Waals surface area contributed by atoms with Crippen LogP contribution in [0.1, 0.15) is 30.5 Å². The molecule has 2 aromatic heterocycles. The first-order valence-electron chi connectivity index (χ1n) is 8.58. The number of pyridine rings is 1. The summed E-state index contributed by atoms with van der Waals surface area (Å²) in [4.78, 5) is 15.5. The molecule has 0 spiro atoms. The summed E-state index contributed by atoms with van der Waals surface area (Å²) in [6, 6.07) is 1.97. The number of aliphatic hydroxyl groups is 1. The van der Waals surface area contributed by atoms with Crippen molar-refractivity contribution in [2.45, 2.75) is 39.2 Å². The monoisotopic (exact) mass is 330 g/mol. The van der Waals surface area contributed by atoms with Gasteiger partial charge in [0, 0.05) is 18.8 Å². The molecule has 1 fully saturated rings. The highest BCUT2D eigenvalue weighted by Crippen LogP contribution is 2.22. The van der Waals surface area contributed by atoms with Gasteiger partial charge >= 0.3 is 0 Å². The highest BCUT2D eigenvalue weighted by atomic mass is 16.3. The Labute approximate surface area is 142 Å². The average molecular weight is 330 g/mol. The van der Waals surface area contributed by atoms with E-state index in [1.807, 2.05) is 19.9 Å². The number of fused-ring (bicyclic) bond motifs is 1. The first kappa shape index (κ1) is 16.9. The van der Waals surface area contributed by atoms with Crippen molar-refractivity contribution in [1.29, 1.82) is 0 Å². The van der Waals surface area contributed by atoms with E-state index in [4.69, 9.17) is 5.73 Å². The molecule has 1 aliphatic rings. The number of hydrogen-bond acceptors (Lipinski definition) is 7. The van der Waals surface area contributed by atoms with Gasteiger partial charge < -0.3 is 21.1 Å².